The Morgan fingerprint density at radius 1 is 0.641 bits per heavy atom. The summed E-state index contributed by atoms with van der Waals surface area (Å²) in [5.41, 5.74) is -15.1. The minimum atomic E-state index is -6.93. The van der Waals surface area contributed by atoms with Crippen LogP contribution in [0.5, 0.6) is 0 Å². The first-order valence-electron chi connectivity index (χ1n) is 14.2. The molecule has 0 amide bonds. The molecule has 1 unspecified atom stereocenters. The fourth-order valence-corrected chi connectivity index (χ4v) is 19.0. The number of sulfonamides is 2. The van der Waals surface area contributed by atoms with Gasteiger partial charge in [-0.05, 0) is 0 Å². The van der Waals surface area contributed by atoms with E-state index in [1.807, 2.05) is 0 Å². The van der Waals surface area contributed by atoms with Crippen molar-refractivity contribution in [3.05, 3.63) is 0 Å². The van der Waals surface area contributed by atoms with Crippen molar-refractivity contribution in [1.82, 2.24) is 8.80 Å². The van der Waals surface area contributed by atoms with Gasteiger partial charge < -0.3 is 0 Å². The topological polar surface area (TPSA) is 83.6 Å². The maximum absolute atomic E-state index is 13.9. The van der Waals surface area contributed by atoms with E-state index < -0.39 is 54.3 Å². The average Bonchev–Trinajstić information content (AvgIpc) is 2.87. The first-order valence-corrected chi connectivity index (χ1v) is 19.3. The molecule has 0 spiro atoms. The van der Waals surface area contributed by atoms with E-state index >= 15 is 0 Å². The third kappa shape index (κ3) is 6.44. The molecular formula is C24H43F6N2O4PS2. The van der Waals surface area contributed by atoms with E-state index in [0.717, 1.165) is 103 Å². The monoisotopic (exact) mass is 632 g/mol. The molecular weight excluding hydrogens is 589 g/mol. The molecule has 1 atom stereocenters. The van der Waals surface area contributed by atoms with Crippen LogP contribution < -0.4 is 5.09 Å². The standard InChI is InChI=1S/C24H43F6N2O4PS2/c1-3-22(2,32(38(33,34)23(25,26)27)39(35,36)24(28,29)30)31-37(19-13-7-4-8-14-19,20-15-9-5-10-16-20)21-17-11-6-12-18-21/h19-21,31,37H,3-18H2,1-2H3. The second kappa shape index (κ2) is 12.2. The van der Waals surface area contributed by atoms with Crippen molar-refractivity contribution in [3.63, 3.8) is 0 Å². The van der Waals surface area contributed by atoms with E-state index in [1.54, 1.807) is 0 Å². The second-order valence-electron chi connectivity index (χ2n) is 11.8. The van der Waals surface area contributed by atoms with Crippen LogP contribution in [0.25, 0.3) is 0 Å². The van der Waals surface area contributed by atoms with Crippen LogP contribution in [0.15, 0.2) is 0 Å². The predicted molar refractivity (Wildman–Crippen MR) is 143 cm³/mol. The van der Waals surface area contributed by atoms with Crippen molar-refractivity contribution in [1.29, 1.82) is 0 Å². The zero-order chi connectivity index (χ0) is 29.3. The Bertz CT molecular complexity index is 946. The molecule has 0 saturated heterocycles. The van der Waals surface area contributed by atoms with Crippen molar-refractivity contribution in [3.8, 4) is 0 Å². The van der Waals surface area contributed by atoms with Gasteiger partial charge in [-0.1, -0.05) is 0 Å². The van der Waals surface area contributed by atoms with Gasteiger partial charge in [-0.2, -0.15) is 0 Å². The summed E-state index contributed by atoms with van der Waals surface area (Å²) in [5.74, 6) is 0. The first-order chi connectivity index (χ1) is 17.9. The molecule has 1 N–H and O–H groups in total. The number of alkyl halides is 6. The number of hydrogen-bond acceptors (Lipinski definition) is 5. The summed E-state index contributed by atoms with van der Waals surface area (Å²) in [6.45, 7) is 2.16. The van der Waals surface area contributed by atoms with Gasteiger partial charge >= 0.3 is 230 Å². The molecule has 3 rings (SSSR count). The van der Waals surface area contributed by atoms with Crippen LogP contribution in [0.2, 0.25) is 0 Å². The molecule has 0 aromatic rings. The van der Waals surface area contributed by atoms with Gasteiger partial charge in [0.05, 0.1) is 0 Å². The molecule has 3 aliphatic carbocycles. The molecule has 0 heterocycles. The van der Waals surface area contributed by atoms with Crippen molar-refractivity contribution < 1.29 is 43.2 Å². The molecule has 0 bridgehead atoms. The SMILES string of the molecule is CCC(C)(N[PH](C1CCCCC1)(C1CCCCC1)C1CCCCC1)N(S(=O)(=O)C(F)(F)F)S(=O)(=O)C(F)(F)F. The molecule has 232 valence electrons. The van der Waals surface area contributed by atoms with E-state index in [0.29, 0.717) is 0 Å². The third-order valence-electron chi connectivity index (χ3n) is 9.44. The summed E-state index contributed by atoms with van der Waals surface area (Å²) < 4.78 is 133. The van der Waals surface area contributed by atoms with Gasteiger partial charge in [0, 0.05) is 0 Å². The molecule has 0 aromatic heterocycles. The van der Waals surface area contributed by atoms with Crippen LogP contribution in [-0.4, -0.2) is 54.2 Å². The Kier molecular flexibility index (Phi) is 10.4. The molecule has 3 fully saturated rings. The molecule has 0 aliphatic heterocycles. The summed E-state index contributed by atoms with van der Waals surface area (Å²) in [4.78, 5) is 0. The van der Waals surface area contributed by atoms with Crippen LogP contribution in [0.1, 0.15) is 117 Å². The van der Waals surface area contributed by atoms with E-state index in [2.05, 4.69) is 5.09 Å². The van der Waals surface area contributed by atoms with Crippen LogP contribution in [0.3, 0.4) is 0 Å². The second-order valence-corrected chi connectivity index (χ2v) is 20.1. The summed E-state index contributed by atoms with van der Waals surface area (Å²) >= 11 is 0. The van der Waals surface area contributed by atoms with Gasteiger partial charge in [0.15, 0.2) is 0 Å². The Morgan fingerprint density at radius 2 is 0.923 bits per heavy atom. The van der Waals surface area contributed by atoms with Crippen LogP contribution >= 0.6 is 7.41 Å². The van der Waals surface area contributed by atoms with Crippen molar-refractivity contribution in [2.45, 2.75) is 150 Å². The van der Waals surface area contributed by atoms with Gasteiger partial charge in [-0.25, -0.2) is 0 Å². The molecule has 39 heavy (non-hydrogen) atoms. The van der Waals surface area contributed by atoms with Crippen LogP contribution in [-0.2, 0) is 20.0 Å². The summed E-state index contributed by atoms with van der Waals surface area (Å²) in [6.07, 6.45) is 12.3. The van der Waals surface area contributed by atoms with Crippen molar-refractivity contribution in [2.75, 3.05) is 0 Å². The number of nitrogens with one attached hydrogen (secondary N) is 1. The van der Waals surface area contributed by atoms with Crippen molar-refractivity contribution >= 4 is 27.5 Å². The molecule has 3 saturated carbocycles. The van der Waals surface area contributed by atoms with E-state index in [4.69, 9.17) is 0 Å². The van der Waals surface area contributed by atoms with Gasteiger partial charge in [-0.15, -0.1) is 0 Å². The molecule has 0 radical (unpaired) electrons. The van der Waals surface area contributed by atoms with Gasteiger partial charge in [0.25, 0.3) is 0 Å². The van der Waals surface area contributed by atoms with Gasteiger partial charge in [-0.3, -0.25) is 0 Å². The fourth-order valence-electron chi connectivity index (χ4n) is 7.62. The molecule has 15 heteroatoms. The Balaban J connectivity index is 2.29. The summed E-state index contributed by atoms with van der Waals surface area (Å²) in [5, 5.41) is 3.27. The zero-order valence-corrected chi connectivity index (χ0v) is 25.3. The van der Waals surface area contributed by atoms with Gasteiger partial charge in [0.2, 0.25) is 0 Å². The number of hydrogen-bond donors (Lipinski definition) is 1. The zero-order valence-electron chi connectivity index (χ0n) is 22.7. The quantitative estimate of drug-likeness (QED) is 0.163. The number of nitrogens with zero attached hydrogens (tertiary/aromatic N) is 1. The summed E-state index contributed by atoms with van der Waals surface area (Å²) in [6, 6.07) is 0. The third-order valence-corrected chi connectivity index (χ3v) is 20.2. The number of halogens is 6. The van der Waals surface area contributed by atoms with Gasteiger partial charge in [0.1, 0.15) is 0 Å². The van der Waals surface area contributed by atoms with Crippen LogP contribution in [0.4, 0.5) is 26.3 Å². The van der Waals surface area contributed by atoms with E-state index in [9.17, 15) is 43.2 Å². The first kappa shape index (κ1) is 33.3. The Labute approximate surface area is 229 Å². The normalized spacial score (nSPS) is 24.5. The number of rotatable bonds is 9. The Morgan fingerprint density at radius 3 is 1.15 bits per heavy atom. The van der Waals surface area contributed by atoms with Crippen LogP contribution in [0, 0.1) is 0 Å². The molecule has 0 aromatic carbocycles. The molecule has 3 aliphatic rings. The van der Waals surface area contributed by atoms with E-state index in [1.165, 1.54) is 6.92 Å². The minimum absolute atomic E-state index is 0.0207. The molecule has 6 nitrogen and oxygen atoms in total. The maximum atomic E-state index is 13.9. The average molecular weight is 633 g/mol. The Hall–Kier alpha value is -0.170. The fraction of sp³-hybridized carbons (Fsp3) is 1.00. The van der Waals surface area contributed by atoms with E-state index in [-0.39, 0.29) is 17.0 Å². The summed E-state index contributed by atoms with van der Waals surface area (Å²) in [7, 11) is -17.0. The predicted octanol–water partition coefficient (Wildman–Crippen LogP) is 7.37. The van der Waals surface area contributed by atoms with Crippen molar-refractivity contribution in [2.24, 2.45) is 0 Å².